The van der Waals surface area contributed by atoms with E-state index in [-0.39, 0.29) is 6.04 Å². The molecule has 0 radical (unpaired) electrons. The highest BCUT2D eigenvalue weighted by Crippen LogP contribution is 2.24. The molecular weight excluding hydrogens is 258 g/mol. The van der Waals surface area contributed by atoms with E-state index in [1.54, 1.807) is 0 Å². The number of benzene rings is 1. The Balaban J connectivity index is 2.06. The molecule has 0 aliphatic rings. The first-order valence-corrected chi connectivity index (χ1v) is 7.28. The Bertz CT molecular complexity index is 752. The second-order valence-electron chi connectivity index (χ2n) is 5.20. The maximum absolute atomic E-state index is 4.53. The molecule has 0 aliphatic heterocycles. The van der Waals surface area contributed by atoms with Gasteiger partial charge in [-0.2, -0.15) is 0 Å². The van der Waals surface area contributed by atoms with Gasteiger partial charge >= 0.3 is 0 Å². The lowest BCUT2D eigenvalue weighted by molar-refractivity contribution is 0.615. The topological polar surface area (TPSA) is 37.8 Å². The highest BCUT2D eigenvalue weighted by atomic mass is 14.9. The highest BCUT2D eigenvalue weighted by molar-refractivity contribution is 5.79. The first kappa shape index (κ1) is 13.7. The van der Waals surface area contributed by atoms with Gasteiger partial charge in [0.1, 0.15) is 0 Å². The standard InChI is InChI=1S/C18H19N3/c1-3-19-18(17-11-13(2)8-10-21-17)15-7-6-14-5-4-9-20-16(14)12-15/h4-12,18-19H,3H2,1-2H3. The van der Waals surface area contributed by atoms with Gasteiger partial charge in [0, 0.05) is 17.8 Å². The smallest absolute Gasteiger partial charge is 0.0752 e. The van der Waals surface area contributed by atoms with Gasteiger partial charge in [0.2, 0.25) is 0 Å². The Hall–Kier alpha value is -2.26. The van der Waals surface area contributed by atoms with Crippen LogP contribution in [0.4, 0.5) is 0 Å². The monoisotopic (exact) mass is 277 g/mol. The van der Waals surface area contributed by atoms with Crippen molar-refractivity contribution in [1.82, 2.24) is 15.3 Å². The van der Waals surface area contributed by atoms with Gasteiger partial charge < -0.3 is 5.32 Å². The summed E-state index contributed by atoms with van der Waals surface area (Å²) in [6.07, 6.45) is 3.70. The fraction of sp³-hybridized carbons (Fsp3) is 0.222. The Labute approximate surface area is 125 Å². The van der Waals surface area contributed by atoms with Gasteiger partial charge in [-0.15, -0.1) is 0 Å². The number of aryl methyl sites for hydroxylation is 1. The minimum absolute atomic E-state index is 0.0984. The van der Waals surface area contributed by atoms with Gasteiger partial charge in [-0.1, -0.05) is 25.1 Å². The van der Waals surface area contributed by atoms with Gasteiger partial charge in [0.05, 0.1) is 17.3 Å². The number of hydrogen-bond acceptors (Lipinski definition) is 3. The van der Waals surface area contributed by atoms with Crippen molar-refractivity contribution in [3.8, 4) is 0 Å². The molecule has 3 aromatic rings. The normalized spacial score (nSPS) is 12.5. The molecule has 1 atom stereocenters. The maximum atomic E-state index is 4.53. The number of hydrogen-bond donors (Lipinski definition) is 1. The Morgan fingerprint density at radius 2 is 1.95 bits per heavy atom. The van der Waals surface area contributed by atoms with E-state index in [0.717, 1.165) is 23.1 Å². The third kappa shape index (κ3) is 2.93. The fourth-order valence-electron chi connectivity index (χ4n) is 2.58. The van der Waals surface area contributed by atoms with E-state index in [1.807, 2.05) is 24.5 Å². The zero-order valence-corrected chi connectivity index (χ0v) is 12.4. The molecule has 21 heavy (non-hydrogen) atoms. The van der Waals surface area contributed by atoms with Crippen molar-refractivity contribution in [3.05, 3.63) is 71.7 Å². The summed E-state index contributed by atoms with van der Waals surface area (Å²) in [6.45, 7) is 5.10. The van der Waals surface area contributed by atoms with Crippen LogP contribution in [0.1, 0.15) is 29.8 Å². The van der Waals surface area contributed by atoms with Crippen LogP contribution in [0.5, 0.6) is 0 Å². The van der Waals surface area contributed by atoms with E-state index in [2.05, 4.69) is 59.5 Å². The van der Waals surface area contributed by atoms with Crippen LogP contribution in [0, 0.1) is 6.92 Å². The summed E-state index contributed by atoms with van der Waals surface area (Å²) in [5.41, 5.74) is 4.49. The van der Waals surface area contributed by atoms with Crippen LogP contribution in [0.3, 0.4) is 0 Å². The Kier molecular flexibility index (Phi) is 3.93. The van der Waals surface area contributed by atoms with Crippen molar-refractivity contribution in [1.29, 1.82) is 0 Å². The Morgan fingerprint density at radius 1 is 1.05 bits per heavy atom. The number of pyridine rings is 2. The lowest BCUT2D eigenvalue weighted by Gasteiger charge is -2.18. The summed E-state index contributed by atoms with van der Waals surface area (Å²) in [4.78, 5) is 8.98. The van der Waals surface area contributed by atoms with Crippen molar-refractivity contribution in [2.24, 2.45) is 0 Å². The largest absolute Gasteiger partial charge is 0.305 e. The number of nitrogens with zero attached hydrogens (tertiary/aromatic N) is 2. The molecular formula is C18H19N3. The summed E-state index contributed by atoms with van der Waals surface area (Å²) in [5, 5.41) is 4.68. The van der Waals surface area contributed by atoms with Crippen LogP contribution in [-0.2, 0) is 0 Å². The third-order valence-corrected chi connectivity index (χ3v) is 3.60. The molecule has 0 aliphatic carbocycles. The zero-order valence-electron chi connectivity index (χ0n) is 12.4. The van der Waals surface area contributed by atoms with E-state index in [1.165, 1.54) is 11.1 Å². The van der Waals surface area contributed by atoms with Crippen molar-refractivity contribution in [3.63, 3.8) is 0 Å². The first-order valence-electron chi connectivity index (χ1n) is 7.28. The molecule has 3 rings (SSSR count). The predicted molar refractivity (Wildman–Crippen MR) is 86.2 cm³/mol. The second kappa shape index (κ2) is 6.02. The minimum atomic E-state index is 0.0984. The van der Waals surface area contributed by atoms with Gasteiger partial charge in [-0.3, -0.25) is 9.97 Å². The van der Waals surface area contributed by atoms with Crippen molar-refractivity contribution in [2.45, 2.75) is 19.9 Å². The van der Waals surface area contributed by atoms with E-state index in [9.17, 15) is 0 Å². The van der Waals surface area contributed by atoms with E-state index in [0.29, 0.717) is 0 Å². The first-order chi connectivity index (χ1) is 10.3. The molecule has 3 nitrogen and oxygen atoms in total. The number of rotatable bonds is 4. The van der Waals surface area contributed by atoms with Crippen molar-refractivity contribution in [2.75, 3.05) is 6.54 Å². The average Bonchev–Trinajstić information content (AvgIpc) is 2.52. The minimum Gasteiger partial charge on any atom is -0.305 e. The molecule has 106 valence electrons. The van der Waals surface area contributed by atoms with E-state index < -0.39 is 0 Å². The molecule has 0 bridgehead atoms. The summed E-state index contributed by atoms with van der Waals surface area (Å²) in [7, 11) is 0. The van der Waals surface area contributed by atoms with Gasteiger partial charge in [-0.25, -0.2) is 0 Å². The molecule has 0 saturated carbocycles. The number of fused-ring (bicyclic) bond motifs is 1. The third-order valence-electron chi connectivity index (χ3n) is 3.60. The lowest BCUT2D eigenvalue weighted by Crippen LogP contribution is -2.23. The molecule has 0 fully saturated rings. The molecule has 3 heteroatoms. The molecule has 2 aromatic heterocycles. The van der Waals surface area contributed by atoms with Gasteiger partial charge in [0.15, 0.2) is 0 Å². The summed E-state index contributed by atoms with van der Waals surface area (Å²) >= 11 is 0. The van der Waals surface area contributed by atoms with Crippen LogP contribution in [-0.4, -0.2) is 16.5 Å². The molecule has 0 saturated heterocycles. The Morgan fingerprint density at radius 3 is 2.76 bits per heavy atom. The van der Waals surface area contributed by atoms with E-state index in [4.69, 9.17) is 0 Å². The van der Waals surface area contributed by atoms with E-state index >= 15 is 0 Å². The quantitative estimate of drug-likeness (QED) is 0.791. The molecule has 0 amide bonds. The molecule has 1 unspecified atom stereocenters. The summed E-state index contributed by atoms with van der Waals surface area (Å²) in [6, 6.07) is 14.7. The van der Waals surface area contributed by atoms with Crippen molar-refractivity contribution < 1.29 is 0 Å². The zero-order chi connectivity index (χ0) is 14.7. The van der Waals surface area contributed by atoms with Gasteiger partial charge in [-0.05, 0) is 48.9 Å². The maximum Gasteiger partial charge on any atom is 0.0752 e. The highest BCUT2D eigenvalue weighted by Gasteiger charge is 2.15. The van der Waals surface area contributed by atoms with Crippen LogP contribution < -0.4 is 5.32 Å². The molecule has 1 N–H and O–H groups in total. The SMILES string of the molecule is CCNC(c1ccc2cccnc2c1)c1cc(C)ccn1. The van der Waals surface area contributed by atoms with Crippen LogP contribution in [0.25, 0.3) is 10.9 Å². The number of nitrogens with one attached hydrogen (secondary N) is 1. The molecule has 1 aromatic carbocycles. The van der Waals surface area contributed by atoms with Gasteiger partial charge in [0.25, 0.3) is 0 Å². The fourth-order valence-corrected chi connectivity index (χ4v) is 2.58. The lowest BCUT2D eigenvalue weighted by atomic mass is 10.0. The second-order valence-corrected chi connectivity index (χ2v) is 5.20. The van der Waals surface area contributed by atoms with Crippen LogP contribution >= 0.6 is 0 Å². The molecule has 0 spiro atoms. The van der Waals surface area contributed by atoms with Crippen LogP contribution in [0.2, 0.25) is 0 Å². The summed E-state index contributed by atoms with van der Waals surface area (Å²) < 4.78 is 0. The predicted octanol–water partition coefficient (Wildman–Crippen LogP) is 3.64. The average molecular weight is 277 g/mol. The number of aromatic nitrogens is 2. The summed E-state index contributed by atoms with van der Waals surface area (Å²) in [5.74, 6) is 0. The van der Waals surface area contributed by atoms with Crippen LogP contribution in [0.15, 0.2) is 54.9 Å². The molecule has 2 heterocycles. The van der Waals surface area contributed by atoms with Crippen molar-refractivity contribution >= 4 is 10.9 Å².